The Hall–Kier alpha value is -4.31. The molecule has 4 heterocycles. The van der Waals surface area contributed by atoms with Crippen LogP contribution in [-0.4, -0.2) is 48.4 Å². The first-order valence-electron chi connectivity index (χ1n) is 11.0. The number of aromatic nitrogens is 4. The number of carbonyl (C=O) groups is 1. The van der Waals surface area contributed by atoms with Crippen molar-refractivity contribution in [3.63, 3.8) is 0 Å². The van der Waals surface area contributed by atoms with Crippen molar-refractivity contribution in [3.05, 3.63) is 89.6 Å². The van der Waals surface area contributed by atoms with Gasteiger partial charge >= 0.3 is 0 Å². The van der Waals surface area contributed by atoms with Crippen molar-refractivity contribution < 1.29 is 18.7 Å². The van der Waals surface area contributed by atoms with Crippen LogP contribution in [0.25, 0.3) is 16.7 Å². The number of para-hydroxylation sites is 2. The number of aryl methyl sites for hydroxylation is 1. The van der Waals surface area contributed by atoms with Gasteiger partial charge in [-0.25, -0.2) is 18.7 Å². The molecule has 6 rings (SSSR count). The van der Waals surface area contributed by atoms with Gasteiger partial charge < -0.3 is 24.7 Å². The number of benzene rings is 2. The van der Waals surface area contributed by atoms with Gasteiger partial charge in [-0.3, -0.25) is 4.79 Å². The maximum atomic E-state index is 15.4. The van der Waals surface area contributed by atoms with Crippen molar-refractivity contribution >= 4 is 34.0 Å². The maximum Gasteiger partial charge on any atom is 0.257 e. The Morgan fingerprint density at radius 3 is 2.77 bits per heavy atom. The third-order valence-electron chi connectivity index (χ3n) is 6.26. The topological polar surface area (TPSA) is 98.5 Å². The third kappa shape index (κ3) is 3.41. The Kier molecular flexibility index (Phi) is 4.61. The number of anilines is 2. The molecular weight excluding hydrogens is 454 g/mol. The van der Waals surface area contributed by atoms with Gasteiger partial charge in [0.1, 0.15) is 11.6 Å². The zero-order chi connectivity index (χ0) is 24.3. The number of nitrogens with one attached hydrogen (secondary N) is 2. The first kappa shape index (κ1) is 21.2. The second-order valence-corrected chi connectivity index (χ2v) is 8.79. The number of β-amino-alcohol motifs (C(OH)–C–C–N with tert-alkyl or cyclic N) is 1. The number of imidazole rings is 2. The summed E-state index contributed by atoms with van der Waals surface area (Å²) in [6.45, 7) is 1.67. The highest BCUT2D eigenvalue weighted by Crippen LogP contribution is 2.35. The number of likely N-dealkylation sites (tertiary alicyclic amines) is 1. The molecule has 1 fully saturated rings. The molecule has 1 saturated heterocycles. The minimum Gasteiger partial charge on any atom is -0.378 e. The molecule has 5 aromatic rings. The van der Waals surface area contributed by atoms with E-state index in [4.69, 9.17) is 0 Å². The van der Waals surface area contributed by atoms with Crippen LogP contribution < -0.4 is 5.32 Å². The lowest BCUT2D eigenvalue weighted by Gasteiger charge is -2.45. The van der Waals surface area contributed by atoms with E-state index < -0.39 is 23.1 Å². The molecule has 3 aromatic heterocycles. The number of hydrogen-bond acceptors (Lipinski definition) is 5. The first-order chi connectivity index (χ1) is 16.8. The summed E-state index contributed by atoms with van der Waals surface area (Å²) in [7, 11) is 0. The van der Waals surface area contributed by atoms with Gasteiger partial charge in [0.25, 0.3) is 5.91 Å². The molecule has 35 heavy (non-hydrogen) atoms. The smallest absolute Gasteiger partial charge is 0.257 e. The number of halogens is 2. The summed E-state index contributed by atoms with van der Waals surface area (Å²) in [5.74, 6) is -1.52. The highest BCUT2D eigenvalue weighted by atomic mass is 19.1. The van der Waals surface area contributed by atoms with Gasteiger partial charge in [-0.15, -0.1) is 0 Å². The molecule has 0 bridgehead atoms. The molecule has 1 aliphatic rings. The second-order valence-electron chi connectivity index (χ2n) is 8.79. The van der Waals surface area contributed by atoms with Crippen LogP contribution in [0.4, 0.5) is 20.2 Å². The van der Waals surface area contributed by atoms with E-state index >= 15 is 4.39 Å². The normalized spacial score (nSPS) is 14.9. The lowest BCUT2D eigenvalue weighted by Crippen LogP contribution is -2.61. The molecule has 0 spiro atoms. The fourth-order valence-corrected chi connectivity index (χ4v) is 4.38. The van der Waals surface area contributed by atoms with Crippen LogP contribution >= 0.6 is 0 Å². The summed E-state index contributed by atoms with van der Waals surface area (Å²) >= 11 is 0. The van der Waals surface area contributed by atoms with E-state index in [9.17, 15) is 14.3 Å². The van der Waals surface area contributed by atoms with E-state index in [-0.39, 0.29) is 35.7 Å². The van der Waals surface area contributed by atoms with Crippen molar-refractivity contribution in [1.29, 1.82) is 0 Å². The quantitative estimate of drug-likeness (QED) is 0.367. The van der Waals surface area contributed by atoms with Crippen LogP contribution in [0.1, 0.15) is 21.7 Å². The number of H-pyrrole nitrogens is 1. The molecule has 0 atom stereocenters. The highest BCUT2D eigenvalue weighted by Gasteiger charge is 2.48. The van der Waals surface area contributed by atoms with E-state index in [1.165, 1.54) is 40.0 Å². The largest absolute Gasteiger partial charge is 0.378 e. The number of hydrogen-bond donors (Lipinski definition) is 3. The number of nitrogens with zero attached hydrogens (tertiary/aromatic N) is 4. The van der Waals surface area contributed by atoms with E-state index in [0.717, 1.165) is 5.52 Å². The predicted molar refractivity (Wildman–Crippen MR) is 125 cm³/mol. The summed E-state index contributed by atoms with van der Waals surface area (Å²) in [6.07, 6.45) is 4.37. The lowest BCUT2D eigenvalue weighted by atomic mass is 9.92. The van der Waals surface area contributed by atoms with Crippen LogP contribution in [0.3, 0.4) is 0 Å². The van der Waals surface area contributed by atoms with Crippen molar-refractivity contribution in [2.75, 3.05) is 18.4 Å². The molecular formula is C25H20F2N6O2. The van der Waals surface area contributed by atoms with Crippen molar-refractivity contribution in [3.8, 4) is 0 Å². The SMILES string of the molecule is Cc1ccc(Nc2c(C(=O)N3CC(O)(c4nc5ccccc5[nH]4)C3)cn3ccnc3c2F)c(F)c1. The zero-order valence-corrected chi connectivity index (χ0v) is 18.6. The molecule has 3 N–H and O–H groups in total. The summed E-state index contributed by atoms with van der Waals surface area (Å²) in [5, 5.41) is 13.8. The number of carbonyl (C=O) groups excluding carboxylic acids is 1. The van der Waals surface area contributed by atoms with Gasteiger partial charge in [-0.1, -0.05) is 18.2 Å². The van der Waals surface area contributed by atoms with Gasteiger partial charge in [-0.05, 0) is 36.8 Å². The minimum atomic E-state index is -1.36. The second kappa shape index (κ2) is 7.60. The summed E-state index contributed by atoms with van der Waals surface area (Å²) in [5.41, 5.74) is 0.665. The summed E-state index contributed by atoms with van der Waals surface area (Å²) < 4.78 is 31.4. The number of aliphatic hydroxyl groups is 1. The highest BCUT2D eigenvalue weighted by molar-refractivity contribution is 6.01. The molecule has 1 aliphatic heterocycles. The standard InChI is InChI=1S/C25H20F2N6O2/c1-14-6-7-17(16(26)10-14)29-21-15(11-32-9-8-28-22(32)20(21)27)23(34)33-12-25(35,13-33)24-30-18-4-2-3-5-19(18)31-24/h2-11,29,35H,12-13H2,1H3,(H,30,31). The fraction of sp³-hybridized carbons (Fsp3) is 0.160. The lowest BCUT2D eigenvalue weighted by molar-refractivity contribution is -0.0916. The Morgan fingerprint density at radius 2 is 2.00 bits per heavy atom. The fourth-order valence-electron chi connectivity index (χ4n) is 4.38. The number of fused-ring (bicyclic) bond motifs is 2. The Morgan fingerprint density at radius 1 is 1.20 bits per heavy atom. The average molecular weight is 474 g/mol. The van der Waals surface area contributed by atoms with E-state index in [0.29, 0.717) is 16.9 Å². The Labute approximate surface area is 197 Å². The maximum absolute atomic E-state index is 15.4. The van der Waals surface area contributed by atoms with Gasteiger partial charge in [0.05, 0.1) is 41.1 Å². The van der Waals surface area contributed by atoms with Gasteiger partial charge in [-0.2, -0.15) is 0 Å². The van der Waals surface area contributed by atoms with Crippen molar-refractivity contribution in [2.45, 2.75) is 12.5 Å². The zero-order valence-electron chi connectivity index (χ0n) is 18.6. The van der Waals surface area contributed by atoms with Gasteiger partial charge in [0.15, 0.2) is 17.1 Å². The number of rotatable bonds is 4. The van der Waals surface area contributed by atoms with E-state index in [1.807, 2.05) is 24.3 Å². The average Bonchev–Trinajstić information content (AvgIpc) is 3.47. The first-order valence-corrected chi connectivity index (χ1v) is 11.0. The van der Waals surface area contributed by atoms with Crippen molar-refractivity contribution in [2.24, 2.45) is 0 Å². The van der Waals surface area contributed by atoms with Crippen LogP contribution in [0.2, 0.25) is 0 Å². The minimum absolute atomic E-state index is 0.000963. The van der Waals surface area contributed by atoms with Gasteiger partial charge in [0.2, 0.25) is 0 Å². The molecule has 0 radical (unpaired) electrons. The molecule has 0 aliphatic carbocycles. The molecule has 0 unspecified atom stereocenters. The molecule has 8 nitrogen and oxygen atoms in total. The van der Waals surface area contributed by atoms with E-state index in [2.05, 4.69) is 20.3 Å². The van der Waals surface area contributed by atoms with Gasteiger partial charge in [0, 0.05) is 18.6 Å². The number of pyridine rings is 1. The summed E-state index contributed by atoms with van der Waals surface area (Å²) in [4.78, 5) is 26.4. The number of aromatic amines is 1. The Bertz CT molecular complexity index is 1590. The van der Waals surface area contributed by atoms with E-state index in [1.54, 1.807) is 13.0 Å². The monoisotopic (exact) mass is 474 g/mol. The van der Waals surface area contributed by atoms with Crippen LogP contribution in [-0.2, 0) is 5.60 Å². The molecule has 1 amide bonds. The van der Waals surface area contributed by atoms with Crippen LogP contribution in [0.15, 0.2) is 61.1 Å². The van der Waals surface area contributed by atoms with Crippen LogP contribution in [0, 0.1) is 18.6 Å². The third-order valence-corrected chi connectivity index (χ3v) is 6.26. The molecule has 0 saturated carbocycles. The number of amides is 1. The Balaban J connectivity index is 1.34. The summed E-state index contributed by atoms with van der Waals surface area (Å²) in [6, 6.07) is 11.9. The van der Waals surface area contributed by atoms with Crippen molar-refractivity contribution in [1.82, 2.24) is 24.3 Å². The van der Waals surface area contributed by atoms with Crippen LogP contribution in [0.5, 0.6) is 0 Å². The molecule has 10 heteroatoms. The molecule has 2 aromatic carbocycles. The molecule has 176 valence electrons. The predicted octanol–water partition coefficient (Wildman–Crippen LogP) is 3.88.